The molecule has 1 N–H and O–H groups in total. The lowest BCUT2D eigenvalue weighted by Crippen LogP contribution is -2.42. The number of carboxylic acid groups (broad SMARTS) is 1. The first-order chi connectivity index (χ1) is 9.25. The van der Waals surface area contributed by atoms with Crippen molar-refractivity contribution in [2.45, 2.75) is 57.4 Å². The molecule has 4 heteroatoms. The van der Waals surface area contributed by atoms with Gasteiger partial charge in [-0.25, -0.2) is 0 Å². The largest absolute Gasteiger partial charge is 0.481 e. The Bertz CT molecular complexity index is 271. The number of rotatable bonds is 7. The molecule has 0 radical (unpaired) electrons. The third-order valence-corrected chi connectivity index (χ3v) is 4.61. The Labute approximate surface area is 116 Å². The number of piperidine rings is 1. The first-order valence-electron chi connectivity index (χ1n) is 7.94. The van der Waals surface area contributed by atoms with Crippen molar-refractivity contribution in [1.29, 1.82) is 0 Å². The standard InChI is InChI=1S/C15H28N2O2/c18-15(19)8-11-17(14-6-2-3-7-14)13-12-16-9-4-1-5-10-16/h14H,1-13H2,(H,18,19). The van der Waals surface area contributed by atoms with Crippen molar-refractivity contribution in [2.75, 3.05) is 32.7 Å². The maximum atomic E-state index is 10.8. The monoisotopic (exact) mass is 268 g/mol. The molecular formula is C15H28N2O2. The van der Waals surface area contributed by atoms with Crippen LogP contribution in [0.25, 0.3) is 0 Å². The zero-order valence-electron chi connectivity index (χ0n) is 12.0. The van der Waals surface area contributed by atoms with E-state index >= 15 is 0 Å². The topological polar surface area (TPSA) is 43.8 Å². The molecule has 1 saturated heterocycles. The summed E-state index contributed by atoms with van der Waals surface area (Å²) >= 11 is 0. The molecule has 110 valence electrons. The summed E-state index contributed by atoms with van der Waals surface area (Å²) in [4.78, 5) is 15.8. The molecule has 0 atom stereocenters. The van der Waals surface area contributed by atoms with Gasteiger partial charge in [-0.15, -0.1) is 0 Å². The van der Waals surface area contributed by atoms with Gasteiger partial charge in [0.05, 0.1) is 6.42 Å². The smallest absolute Gasteiger partial charge is 0.304 e. The van der Waals surface area contributed by atoms with Gasteiger partial charge in [0.15, 0.2) is 0 Å². The molecule has 2 fully saturated rings. The first kappa shape index (κ1) is 14.8. The van der Waals surface area contributed by atoms with Gasteiger partial charge in [0.1, 0.15) is 0 Å². The predicted molar refractivity (Wildman–Crippen MR) is 76.4 cm³/mol. The van der Waals surface area contributed by atoms with E-state index < -0.39 is 5.97 Å². The lowest BCUT2D eigenvalue weighted by molar-refractivity contribution is -0.137. The molecule has 0 aromatic heterocycles. The molecule has 0 unspecified atom stereocenters. The van der Waals surface area contributed by atoms with Crippen LogP contribution in [0, 0.1) is 0 Å². The zero-order valence-corrected chi connectivity index (χ0v) is 12.0. The lowest BCUT2D eigenvalue weighted by atomic mass is 10.1. The second-order valence-electron chi connectivity index (χ2n) is 6.02. The van der Waals surface area contributed by atoms with Crippen LogP contribution in [-0.4, -0.2) is 59.6 Å². The van der Waals surface area contributed by atoms with Crippen LogP contribution in [0.1, 0.15) is 51.4 Å². The van der Waals surface area contributed by atoms with Crippen molar-refractivity contribution in [2.24, 2.45) is 0 Å². The van der Waals surface area contributed by atoms with Gasteiger partial charge >= 0.3 is 5.97 Å². The number of likely N-dealkylation sites (tertiary alicyclic amines) is 1. The maximum Gasteiger partial charge on any atom is 0.304 e. The van der Waals surface area contributed by atoms with Gasteiger partial charge in [-0.05, 0) is 38.8 Å². The van der Waals surface area contributed by atoms with E-state index in [4.69, 9.17) is 5.11 Å². The van der Waals surface area contributed by atoms with Crippen molar-refractivity contribution in [3.63, 3.8) is 0 Å². The number of hydrogen-bond donors (Lipinski definition) is 1. The van der Waals surface area contributed by atoms with Crippen molar-refractivity contribution in [3.05, 3.63) is 0 Å². The maximum absolute atomic E-state index is 10.8. The van der Waals surface area contributed by atoms with E-state index in [1.165, 1.54) is 58.0 Å². The minimum atomic E-state index is -0.666. The summed E-state index contributed by atoms with van der Waals surface area (Å²) in [6, 6.07) is 0.643. The first-order valence-corrected chi connectivity index (χ1v) is 7.94. The summed E-state index contributed by atoms with van der Waals surface area (Å²) in [6.45, 7) is 5.37. The molecule has 1 saturated carbocycles. The van der Waals surface area contributed by atoms with Gasteiger partial charge in [-0.3, -0.25) is 9.69 Å². The molecule has 0 spiro atoms. The van der Waals surface area contributed by atoms with Crippen LogP contribution in [0.3, 0.4) is 0 Å². The molecular weight excluding hydrogens is 240 g/mol. The van der Waals surface area contributed by atoms with Gasteiger partial charge in [-0.1, -0.05) is 19.3 Å². The summed E-state index contributed by atoms with van der Waals surface area (Å²) in [5.74, 6) is -0.666. The number of hydrogen-bond acceptors (Lipinski definition) is 3. The predicted octanol–water partition coefficient (Wildman–Crippen LogP) is 2.19. The number of aliphatic carboxylic acids is 1. The van der Waals surface area contributed by atoms with Gasteiger partial charge in [0.25, 0.3) is 0 Å². The van der Waals surface area contributed by atoms with Crippen molar-refractivity contribution < 1.29 is 9.90 Å². The van der Waals surface area contributed by atoms with E-state index in [2.05, 4.69) is 9.80 Å². The average molecular weight is 268 g/mol. The quantitative estimate of drug-likeness (QED) is 0.768. The minimum absolute atomic E-state index is 0.288. The van der Waals surface area contributed by atoms with E-state index in [0.717, 1.165) is 19.6 Å². The molecule has 0 aromatic carbocycles. The number of carbonyl (C=O) groups is 1. The van der Waals surface area contributed by atoms with E-state index in [9.17, 15) is 4.79 Å². The lowest BCUT2D eigenvalue weighted by Gasteiger charge is -2.32. The SMILES string of the molecule is O=C(O)CCN(CCN1CCCCC1)C1CCCC1. The van der Waals surface area contributed by atoms with Crippen LogP contribution in [0.2, 0.25) is 0 Å². The molecule has 1 aliphatic heterocycles. The van der Waals surface area contributed by atoms with Gasteiger partial charge in [-0.2, -0.15) is 0 Å². The Morgan fingerprint density at radius 2 is 1.74 bits per heavy atom. The van der Waals surface area contributed by atoms with Crippen molar-refractivity contribution in [3.8, 4) is 0 Å². The molecule has 4 nitrogen and oxygen atoms in total. The molecule has 0 amide bonds. The summed E-state index contributed by atoms with van der Waals surface area (Å²) in [5, 5.41) is 8.89. The summed E-state index contributed by atoms with van der Waals surface area (Å²) in [5.41, 5.74) is 0. The van der Waals surface area contributed by atoms with E-state index in [0.29, 0.717) is 6.04 Å². The van der Waals surface area contributed by atoms with Gasteiger partial charge < -0.3 is 10.0 Å². The molecule has 2 rings (SSSR count). The highest BCUT2D eigenvalue weighted by Crippen LogP contribution is 2.23. The Morgan fingerprint density at radius 1 is 1.05 bits per heavy atom. The van der Waals surface area contributed by atoms with Gasteiger partial charge in [0.2, 0.25) is 0 Å². The molecule has 0 aromatic rings. The zero-order chi connectivity index (χ0) is 13.5. The fraction of sp³-hybridized carbons (Fsp3) is 0.933. The highest BCUT2D eigenvalue weighted by atomic mass is 16.4. The van der Waals surface area contributed by atoms with Crippen molar-refractivity contribution in [1.82, 2.24) is 9.80 Å². The summed E-state index contributed by atoms with van der Waals surface area (Å²) in [6.07, 6.45) is 9.49. The second kappa shape index (κ2) is 7.85. The molecule has 0 bridgehead atoms. The molecule has 2 aliphatic rings. The molecule has 1 heterocycles. The van der Waals surface area contributed by atoms with Crippen LogP contribution >= 0.6 is 0 Å². The van der Waals surface area contributed by atoms with Crippen molar-refractivity contribution >= 4 is 5.97 Å². The minimum Gasteiger partial charge on any atom is -0.481 e. The third kappa shape index (κ3) is 5.11. The van der Waals surface area contributed by atoms with Crippen LogP contribution in [0.4, 0.5) is 0 Å². The highest BCUT2D eigenvalue weighted by molar-refractivity contribution is 5.66. The van der Waals surface area contributed by atoms with Gasteiger partial charge in [0, 0.05) is 25.7 Å². The summed E-state index contributed by atoms with van der Waals surface area (Å²) < 4.78 is 0. The van der Waals surface area contributed by atoms with E-state index in [-0.39, 0.29) is 6.42 Å². The highest BCUT2D eigenvalue weighted by Gasteiger charge is 2.23. The molecule has 1 aliphatic carbocycles. The Balaban J connectivity index is 1.76. The van der Waals surface area contributed by atoms with E-state index in [1.54, 1.807) is 0 Å². The Hall–Kier alpha value is -0.610. The number of nitrogens with zero attached hydrogens (tertiary/aromatic N) is 2. The average Bonchev–Trinajstić information content (AvgIpc) is 2.93. The number of carboxylic acids is 1. The Kier molecular flexibility index (Phi) is 6.11. The normalized spacial score (nSPS) is 22.2. The van der Waals surface area contributed by atoms with Crippen LogP contribution in [0.15, 0.2) is 0 Å². The van der Waals surface area contributed by atoms with E-state index in [1.807, 2.05) is 0 Å². The third-order valence-electron chi connectivity index (χ3n) is 4.61. The molecule has 19 heavy (non-hydrogen) atoms. The second-order valence-corrected chi connectivity index (χ2v) is 6.02. The van der Waals surface area contributed by atoms with Crippen LogP contribution in [-0.2, 0) is 4.79 Å². The Morgan fingerprint density at radius 3 is 2.37 bits per heavy atom. The summed E-state index contributed by atoms with van der Waals surface area (Å²) in [7, 11) is 0. The fourth-order valence-corrected chi connectivity index (χ4v) is 3.44. The van der Waals surface area contributed by atoms with Crippen LogP contribution < -0.4 is 0 Å². The fourth-order valence-electron chi connectivity index (χ4n) is 3.44. The van der Waals surface area contributed by atoms with Crippen LogP contribution in [0.5, 0.6) is 0 Å².